The third-order valence-corrected chi connectivity index (χ3v) is 8.85. The summed E-state index contributed by atoms with van der Waals surface area (Å²) in [4.78, 5) is 36.8. The Labute approximate surface area is 260 Å². The van der Waals surface area contributed by atoms with Gasteiger partial charge in [0.25, 0.3) is 0 Å². The Morgan fingerprint density at radius 3 is 2.18 bits per heavy atom. The van der Waals surface area contributed by atoms with Crippen LogP contribution in [-0.4, -0.2) is 51.7 Å². The van der Waals surface area contributed by atoms with E-state index in [0.717, 1.165) is 12.1 Å². The molecule has 0 bridgehead atoms. The summed E-state index contributed by atoms with van der Waals surface area (Å²) >= 11 is 6.17. The van der Waals surface area contributed by atoms with Crippen LogP contribution >= 0.6 is 11.6 Å². The van der Waals surface area contributed by atoms with E-state index in [-0.39, 0.29) is 45.4 Å². The Morgan fingerprint density at radius 2 is 1.64 bits per heavy atom. The van der Waals surface area contributed by atoms with Gasteiger partial charge in [-0.3, -0.25) is 9.59 Å². The van der Waals surface area contributed by atoms with Gasteiger partial charge < -0.3 is 20.8 Å². The van der Waals surface area contributed by atoms with Gasteiger partial charge in [-0.2, -0.15) is 13.2 Å². The van der Waals surface area contributed by atoms with Crippen molar-refractivity contribution >= 4 is 34.9 Å². The highest BCUT2D eigenvalue weighted by atomic mass is 35.5. The number of fused-ring (bicyclic) bond motifs is 2. The number of nitrogens with one attached hydrogen (secondary N) is 2. The van der Waals surface area contributed by atoms with Crippen LogP contribution in [0.25, 0.3) is 0 Å². The van der Waals surface area contributed by atoms with Crippen molar-refractivity contribution in [1.29, 1.82) is 0 Å². The molecule has 1 amide bonds. The summed E-state index contributed by atoms with van der Waals surface area (Å²) in [6.45, 7) is 7.64. The van der Waals surface area contributed by atoms with Crippen LogP contribution in [0.1, 0.15) is 70.4 Å². The number of carboxylic acid groups (broad SMARTS) is 1. The van der Waals surface area contributed by atoms with Gasteiger partial charge in [-0.05, 0) is 60.8 Å². The molecule has 2 aliphatic heterocycles. The molecule has 14 heteroatoms. The van der Waals surface area contributed by atoms with Gasteiger partial charge in [-0.1, -0.05) is 44.5 Å². The van der Waals surface area contributed by atoms with Crippen molar-refractivity contribution in [2.75, 3.05) is 5.32 Å². The summed E-state index contributed by atoms with van der Waals surface area (Å²) in [5.41, 5.74) is -2.41. The van der Waals surface area contributed by atoms with Gasteiger partial charge in [-0.15, -0.1) is 0 Å². The lowest BCUT2D eigenvalue weighted by molar-refractivity contribution is -0.192. The number of alkyl halides is 3. The number of ketones is 1. The van der Waals surface area contributed by atoms with Gasteiger partial charge in [0.2, 0.25) is 5.91 Å². The van der Waals surface area contributed by atoms with E-state index in [2.05, 4.69) is 10.6 Å². The van der Waals surface area contributed by atoms with Gasteiger partial charge in [0.05, 0.1) is 16.7 Å². The highest BCUT2D eigenvalue weighted by Gasteiger charge is 2.66. The number of hydrogen-bond donors (Lipinski definition) is 4. The van der Waals surface area contributed by atoms with Crippen LogP contribution in [0.2, 0.25) is 5.02 Å². The van der Waals surface area contributed by atoms with Crippen molar-refractivity contribution in [2.24, 2.45) is 11.3 Å². The molecule has 2 aromatic carbocycles. The summed E-state index contributed by atoms with van der Waals surface area (Å²) in [7, 11) is 0. The standard InChI is InChI=1S/C29H32ClF3N2O3.C2HF3O2/c1-27(2,3)13-22-29(16-9-18(31)19(32)10-20(16)34-26(29)37)23(15-6-5-7-17(30)24(15)33)25(35-22)21(36)8-14-11-28(4,38)12-14;3-2(4,5)1(6)7/h5-7,9-10,14,22-23,25,35,38H,8,11-13H2,1-4H3,(H,34,37);(H,6,7)/t14?,22-,23-,25-,28?,29+;/m0./s1. The third-order valence-electron chi connectivity index (χ3n) is 8.55. The normalized spacial score (nSPS) is 29.0. The van der Waals surface area contributed by atoms with Crippen molar-refractivity contribution < 1.29 is 50.9 Å². The summed E-state index contributed by atoms with van der Waals surface area (Å²) < 4.78 is 76.4. The molecule has 2 fully saturated rings. The lowest BCUT2D eigenvalue weighted by Crippen LogP contribution is -2.49. The number of rotatable bonds is 5. The quantitative estimate of drug-likeness (QED) is 0.281. The number of anilines is 1. The summed E-state index contributed by atoms with van der Waals surface area (Å²) in [6, 6.07) is 4.66. The minimum absolute atomic E-state index is 0.0435. The van der Waals surface area contributed by atoms with E-state index in [1.165, 1.54) is 12.1 Å². The molecule has 246 valence electrons. The van der Waals surface area contributed by atoms with Crippen molar-refractivity contribution in [3.05, 3.63) is 63.9 Å². The maximum absolute atomic E-state index is 15.7. The second kappa shape index (κ2) is 11.9. The third kappa shape index (κ3) is 6.71. The Bertz CT molecular complexity index is 1520. The smallest absolute Gasteiger partial charge is 0.475 e. The maximum Gasteiger partial charge on any atom is 0.490 e. The molecule has 4 N–H and O–H groups in total. The molecule has 7 nitrogen and oxygen atoms in total. The molecule has 1 aliphatic carbocycles. The molecule has 1 saturated heterocycles. The Hall–Kier alpha value is -3.16. The number of aliphatic carboxylic acids is 1. The van der Waals surface area contributed by atoms with Crippen molar-refractivity contribution in [3.8, 4) is 0 Å². The molecule has 1 saturated carbocycles. The first-order valence-corrected chi connectivity index (χ1v) is 14.5. The van der Waals surface area contributed by atoms with E-state index in [4.69, 9.17) is 21.5 Å². The Morgan fingerprint density at radius 1 is 1.07 bits per heavy atom. The van der Waals surface area contributed by atoms with E-state index < -0.39 is 64.5 Å². The zero-order valence-electron chi connectivity index (χ0n) is 24.8. The molecule has 1 spiro atoms. The zero-order chi connectivity index (χ0) is 33.9. The number of benzene rings is 2. The van der Waals surface area contributed by atoms with Crippen LogP contribution < -0.4 is 10.6 Å². The first-order valence-electron chi connectivity index (χ1n) is 14.1. The SMILES string of the molecule is CC(C)(C)C[C@@H]1N[C@@H](C(=O)CC2CC(C)(O)C2)[C@H](c2cccc(Cl)c2F)[C@]12C(=O)Nc1cc(F)c(F)cc12.O=C(O)C(F)(F)F. The highest BCUT2D eigenvalue weighted by molar-refractivity contribution is 6.30. The molecule has 0 radical (unpaired) electrons. The number of Topliss-reactive ketones (excluding diaryl/α,β-unsaturated/α-hetero) is 1. The first kappa shape index (κ1) is 34.7. The number of hydrogen-bond acceptors (Lipinski definition) is 5. The molecule has 2 aromatic rings. The van der Waals surface area contributed by atoms with Gasteiger partial charge >= 0.3 is 12.1 Å². The Kier molecular flexibility index (Phi) is 9.17. The first-order chi connectivity index (χ1) is 20.6. The van der Waals surface area contributed by atoms with Gasteiger partial charge in [0.1, 0.15) is 11.2 Å². The average Bonchev–Trinajstić information content (AvgIpc) is 3.34. The second-order valence-corrected chi connectivity index (χ2v) is 13.9. The van der Waals surface area contributed by atoms with Crippen LogP contribution in [0.15, 0.2) is 30.3 Å². The maximum atomic E-state index is 15.7. The summed E-state index contributed by atoms with van der Waals surface area (Å²) in [5, 5.41) is 23.2. The monoisotopic (exact) mass is 662 g/mol. The lowest BCUT2D eigenvalue weighted by Gasteiger charge is -2.41. The molecule has 4 atom stereocenters. The molecule has 0 unspecified atom stereocenters. The van der Waals surface area contributed by atoms with Gasteiger partial charge in [0.15, 0.2) is 17.4 Å². The van der Waals surface area contributed by atoms with Crippen molar-refractivity contribution in [3.63, 3.8) is 0 Å². The largest absolute Gasteiger partial charge is 0.490 e. The number of aliphatic hydroxyl groups is 1. The average molecular weight is 663 g/mol. The molecule has 45 heavy (non-hydrogen) atoms. The van der Waals surface area contributed by atoms with Crippen LogP contribution in [-0.2, 0) is 19.8 Å². The van der Waals surface area contributed by atoms with Crippen LogP contribution in [0.3, 0.4) is 0 Å². The number of carboxylic acids is 1. The number of carbonyl (C=O) groups is 3. The Balaban J connectivity index is 0.000000591. The van der Waals surface area contributed by atoms with Crippen LogP contribution in [0.4, 0.5) is 32.0 Å². The second-order valence-electron chi connectivity index (χ2n) is 13.5. The van der Waals surface area contributed by atoms with Crippen molar-refractivity contribution in [2.45, 2.75) is 88.6 Å². The van der Waals surface area contributed by atoms with Crippen LogP contribution in [0.5, 0.6) is 0 Å². The summed E-state index contributed by atoms with van der Waals surface area (Å²) in [6.07, 6.45) is -3.63. The zero-order valence-corrected chi connectivity index (χ0v) is 25.5. The van der Waals surface area contributed by atoms with E-state index >= 15 is 4.39 Å². The fourth-order valence-electron chi connectivity index (χ4n) is 6.96. The van der Waals surface area contributed by atoms with Gasteiger partial charge in [-0.25, -0.2) is 18.0 Å². The number of amides is 1. The van der Waals surface area contributed by atoms with E-state index in [1.54, 1.807) is 13.0 Å². The topological polar surface area (TPSA) is 116 Å². The predicted molar refractivity (Wildman–Crippen MR) is 152 cm³/mol. The molecule has 0 aromatic heterocycles. The molecule has 3 aliphatic rings. The number of halogens is 7. The van der Waals surface area contributed by atoms with E-state index in [0.29, 0.717) is 19.3 Å². The van der Waals surface area contributed by atoms with Crippen molar-refractivity contribution in [1.82, 2.24) is 5.32 Å². The molecular formula is C31H33ClF6N2O5. The van der Waals surface area contributed by atoms with E-state index in [9.17, 15) is 36.6 Å². The van der Waals surface area contributed by atoms with Crippen LogP contribution in [0, 0.1) is 28.8 Å². The fourth-order valence-corrected chi connectivity index (χ4v) is 7.14. The molecule has 2 heterocycles. The van der Waals surface area contributed by atoms with Gasteiger partial charge in [0, 0.05) is 30.1 Å². The molecule has 5 rings (SSSR count). The highest BCUT2D eigenvalue weighted by Crippen LogP contribution is 2.57. The number of carbonyl (C=O) groups excluding carboxylic acids is 2. The predicted octanol–water partition coefficient (Wildman–Crippen LogP) is 6.26. The minimum atomic E-state index is -5.08. The van der Waals surface area contributed by atoms with E-state index in [1.807, 2.05) is 20.8 Å². The fraction of sp³-hybridized carbons (Fsp3) is 0.516. The lowest BCUT2D eigenvalue weighted by atomic mass is 9.61. The molecular weight excluding hydrogens is 630 g/mol. The minimum Gasteiger partial charge on any atom is -0.475 e. The summed E-state index contributed by atoms with van der Waals surface area (Å²) in [5.74, 6) is -7.66.